The van der Waals surface area contributed by atoms with E-state index in [9.17, 15) is 18.0 Å². The second-order valence-electron chi connectivity index (χ2n) is 3.12. The van der Waals surface area contributed by atoms with Gasteiger partial charge in [-0.1, -0.05) is 0 Å². The maximum absolute atomic E-state index is 11.4. The minimum absolute atomic E-state index is 0.0211. The topological polar surface area (TPSA) is 84.0 Å². The molecule has 0 bridgehead atoms. The van der Waals surface area contributed by atoms with Gasteiger partial charge in [-0.3, -0.25) is 9.69 Å². The Hall–Kier alpha value is -1.31. The summed E-state index contributed by atoms with van der Waals surface area (Å²) in [6, 6.07) is 0. The van der Waals surface area contributed by atoms with Gasteiger partial charge in [-0.05, 0) is 0 Å². The van der Waals surface area contributed by atoms with Crippen LogP contribution >= 0.6 is 0 Å². The Labute approximate surface area is 87.6 Å². The van der Waals surface area contributed by atoms with Crippen LogP contribution in [0.2, 0.25) is 0 Å². The lowest BCUT2D eigenvalue weighted by Gasteiger charge is -2.31. The summed E-state index contributed by atoms with van der Waals surface area (Å²) in [5, 5.41) is 0. The molecule has 86 valence electrons. The Morgan fingerprint density at radius 1 is 1.40 bits per heavy atom. The van der Waals surface area contributed by atoms with Crippen LogP contribution in [0.15, 0.2) is 0 Å². The molecule has 0 N–H and O–H groups in total. The van der Waals surface area contributed by atoms with Crippen LogP contribution in [0.3, 0.4) is 0 Å². The molecular formula is C7H12N2O5S. The van der Waals surface area contributed by atoms with Crippen LogP contribution in [0.1, 0.15) is 0 Å². The Kier molecular flexibility index (Phi) is 3.18. The molecule has 1 aliphatic rings. The third-order valence-corrected chi connectivity index (χ3v) is 3.20. The number of sulfonamides is 1. The molecule has 7 nitrogen and oxygen atoms in total. The van der Waals surface area contributed by atoms with Gasteiger partial charge in [-0.2, -0.15) is 0 Å². The average molecular weight is 236 g/mol. The first-order chi connectivity index (χ1) is 6.86. The number of nitrogens with zero attached hydrogens (tertiary/aromatic N) is 2. The predicted molar refractivity (Wildman–Crippen MR) is 50.5 cm³/mol. The number of piperazine rings is 1. The Bertz CT molecular complexity index is 377. The monoisotopic (exact) mass is 236 g/mol. The minimum atomic E-state index is -3.53. The fourth-order valence-electron chi connectivity index (χ4n) is 1.29. The van der Waals surface area contributed by atoms with Gasteiger partial charge in [-0.25, -0.2) is 17.5 Å². The van der Waals surface area contributed by atoms with E-state index in [1.807, 2.05) is 0 Å². The van der Waals surface area contributed by atoms with Gasteiger partial charge in [0.1, 0.15) is 6.54 Å². The smallest absolute Gasteiger partial charge is 0.410 e. The molecule has 1 rings (SSSR count). The quantitative estimate of drug-likeness (QED) is 0.574. The number of carbonyl (C=O) groups excluding carboxylic acids is 2. The maximum atomic E-state index is 11.4. The van der Waals surface area contributed by atoms with E-state index < -0.39 is 22.0 Å². The number of hydrogen-bond donors (Lipinski definition) is 0. The normalized spacial score (nSPS) is 17.9. The zero-order chi connectivity index (χ0) is 11.6. The van der Waals surface area contributed by atoms with Gasteiger partial charge in [0.25, 0.3) is 5.91 Å². The molecule has 0 aromatic rings. The number of amides is 2. The second kappa shape index (κ2) is 4.05. The molecule has 2 amide bonds. The first-order valence-corrected chi connectivity index (χ1v) is 6.04. The van der Waals surface area contributed by atoms with E-state index in [0.29, 0.717) is 0 Å². The Morgan fingerprint density at radius 3 is 2.40 bits per heavy atom. The highest BCUT2D eigenvalue weighted by Crippen LogP contribution is 2.08. The average Bonchev–Trinajstić information content (AvgIpc) is 2.14. The van der Waals surface area contributed by atoms with Gasteiger partial charge in [0.05, 0.1) is 19.9 Å². The summed E-state index contributed by atoms with van der Waals surface area (Å²) in [6.07, 6.45) is 0.329. The van der Waals surface area contributed by atoms with Crippen LogP contribution in [0, 0.1) is 0 Å². The van der Waals surface area contributed by atoms with Crippen molar-refractivity contribution in [2.45, 2.75) is 0 Å². The molecule has 1 saturated heterocycles. The van der Waals surface area contributed by atoms with Gasteiger partial charge in [0.2, 0.25) is 10.0 Å². The van der Waals surface area contributed by atoms with Gasteiger partial charge in [0, 0.05) is 6.54 Å². The fourth-order valence-corrected chi connectivity index (χ4v) is 2.13. The van der Waals surface area contributed by atoms with Crippen molar-refractivity contribution in [2.75, 3.05) is 33.0 Å². The molecule has 0 spiro atoms. The van der Waals surface area contributed by atoms with Crippen molar-refractivity contribution in [2.24, 2.45) is 0 Å². The number of rotatable bonds is 1. The third kappa shape index (κ3) is 2.58. The van der Waals surface area contributed by atoms with E-state index in [1.54, 1.807) is 0 Å². The zero-order valence-electron chi connectivity index (χ0n) is 8.47. The van der Waals surface area contributed by atoms with Crippen molar-refractivity contribution in [3.63, 3.8) is 0 Å². The summed E-state index contributed by atoms with van der Waals surface area (Å²) < 4.78 is 27.4. The Morgan fingerprint density at radius 2 is 2.00 bits per heavy atom. The van der Waals surface area contributed by atoms with E-state index in [-0.39, 0.29) is 19.6 Å². The largest absolute Gasteiger partial charge is 0.453 e. The Balaban J connectivity index is 2.72. The summed E-state index contributed by atoms with van der Waals surface area (Å²) in [7, 11) is -2.32. The summed E-state index contributed by atoms with van der Waals surface area (Å²) in [5.74, 6) is -0.617. The van der Waals surface area contributed by atoms with Gasteiger partial charge < -0.3 is 4.74 Å². The highest BCUT2D eigenvalue weighted by atomic mass is 32.2. The highest BCUT2D eigenvalue weighted by molar-refractivity contribution is 7.88. The minimum Gasteiger partial charge on any atom is -0.453 e. The van der Waals surface area contributed by atoms with Crippen molar-refractivity contribution in [3.8, 4) is 0 Å². The van der Waals surface area contributed by atoms with Crippen LogP contribution < -0.4 is 0 Å². The van der Waals surface area contributed by atoms with Gasteiger partial charge >= 0.3 is 6.09 Å². The third-order valence-electron chi connectivity index (χ3n) is 2.01. The molecule has 0 unspecified atom stereocenters. The summed E-state index contributed by atoms with van der Waals surface area (Å²) in [5.41, 5.74) is 0. The number of ether oxygens (including phenoxy) is 1. The van der Waals surface area contributed by atoms with E-state index >= 15 is 0 Å². The first kappa shape index (κ1) is 11.8. The molecule has 0 atom stereocenters. The van der Waals surface area contributed by atoms with Crippen molar-refractivity contribution >= 4 is 22.0 Å². The van der Waals surface area contributed by atoms with Crippen molar-refractivity contribution in [1.82, 2.24) is 9.21 Å². The molecule has 0 aromatic heterocycles. The summed E-state index contributed by atoms with van der Waals surface area (Å²) in [6.45, 7) is -0.127. The number of carbonyl (C=O) groups is 2. The molecule has 1 aliphatic heterocycles. The molecule has 8 heteroatoms. The molecule has 0 radical (unpaired) electrons. The highest BCUT2D eigenvalue weighted by Gasteiger charge is 2.32. The van der Waals surface area contributed by atoms with E-state index in [0.717, 1.165) is 15.5 Å². The lowest BCUT2D eigenvalue weighted by Crippen LogP contribution is -2.53. The second-order valence-corrected chi connectivity index (χ2v) is 5.03. The van der Waals surface area contributed by atoms with Crippen molar-refractivity contribution in [1.29, 1.82) is 0 Å². The SMILES string of the molecule is COC(=O)N1CCN(S(C)(=O)=O)C(=O)C1. The van der Waals surface area contributed by atoms with Crippen LogP contribution in [0.5, 0.6) is 0 Å². The molecule has 0 saturated carbocycles. The van der Waals surface area contributed by atoms with Gasteiger partial charge in [0.15, 0.2) is 0 Å². The van der Waals surface area contributed by atoms with Gasteiger partial charge in [-0.15, -0.1) is 0 Å². The van der Waals surface area contributed by atoms with E-state index in [1.165, 1.54) is 7.11 Å². The summed E-state index contributed by atoms with van der Waals surface area (Å²) >= 11 is 0. The zero-order valence-corrected chi connectivity index (χ0v) is 9.28. The van der Waals surface area contributed by atoms with Crippen molar-refractivity contribution < 1.29 is 22.7 Å². The number of methoxy groups -OCH3 is 1. The summed E-state index contributed by atoms with van der Waals surface area (Å²) in [4.78, 5) is 23.6. The van der Waals surface area contributed by atoms with Crippen LogP contribution in [-0.2, 0) is 19.6 Å². The molecule has 0 aliphatic carbocycles. The number of hydrogen-bond acceptors (Lipinski definition) is 5. The molecule has 0 aromatic carbocycles. The molecular weight excluding hydrogens is 224 g/mol. The molecule has 15 heavy (non-hydrogen) atoms. The van der Waals surface area contributed by atoms with Crippen LogP contribution in [-0.4, -0.2) is 62.6 Å². The first-order valence-electron chi connectivity index (χ1n) is 4.19. The molecule has 1 fully saturated rings. The molecule has 1 heterocycles. The lowest BCUT2D eigenvalue weighted by atomic mass is 10.4. The van der Waals surface area contributed by atoms with Crippen molar-refractivity contribution in [3.05, 3.63) is 0 Å². The maximum Gasteiger partial charge on any atom is 0.410 e. The van der Waals surface area contributed by atoms with E-state index in [4.69, 9.17) is 0 Å². The lowest BCUT2D eigenvalue weighted by molar-refractivity contribution is -0.129. The standard InChI is InChI=1S/C7H12N2O5S/c1-14-7(11)8-3-4-9(6(10)5-8)15(2,12)13/h3-5H2,1-2H3. The van der Waals surface area contributed by atoms with Crippen LogP contribution in [0.4, 0.5) is 4.79 Å². The van der Waals surface area contributed by atoms with Crippen LogP contribution in [0.25, 0.3) is 0 Å². The fraction of sp³-hybridized carbons (Fsp3) is 0.714. The predicted octanol–water partition coefficient (Wildman–Crippen LogP) is -1.14. The van der Waals surface area contributed by atoms with E-state index in [2.05, 4.69) is 4.74 Å².